The van der Waals surface area contributed by atoms with E-state index in [1.165, 1.54) is 18.2 Å². The first-order valence-electron chi connectivity index (χ1n) is 7.78. The number of esters is 1. The van der Waals surface area contributed by atoms with Crippen LogP contribution in [0.3, 0.4) is 0 Å². The van der Waals surface area contributed by atoms with Crippen LogP contribution in [-0.2, 0) is 4.79 Å². The quantitative estimate of drug-likeness (QED) is 0.354. The molecule has 0 N–H and O–H groups in total. The standard InChI is InChI=1S/C19H19NO4/c1-3-20(4-2)18(22)15-12-8-9-13-16(15)24-19(23)17(21)14-10-6-5-7-11-14/h5-13H,3-4H2,1-2H3. The van der Waals surface area contributed by atoms with Gasteiger partial charge in [0, 0.05) is 18.7 Å². The lowest BCUT2D eigenvalue weighted by molar-refractivity contribution is -0.129. The second-order valence-corrected chi connectivity index (χ2v) is 5.06. The second kappa shape index (κ2) is 8.06. The molecule has 0 radical (unpaired) electrons. The highest BCUT2D eigenvalue weighted by molar-refractivity contribution is 6.41. The van der Waals surface area contributed by atoms with Crippen molar-refractivity contribution in [3.8, 4) is 5.75 Å². The molecule has 5 heteroatoms. The minimum Gasteiger partial charge on any atom is -0.420 e. The van der Waals surface area contributed by atoms with Crippen LogP contribution in [0.15, 0.2) is 54.6 Å². The summed E-state index contributed by atoms with van der Waals surface area (Å²) in [4.78, 5) is 38.3. The zero-order chi connectivity index (χ0) is 17.5. The molecule has 0 spiro atoms. The van der Waals surface area contributed by atoms with Crippen molar-refractivity contribution in [3.63, 3.8) is 0 Å². The van der Waals surface area contributed by atoms with Crippen LogP contribution in [0.4, 0.5) is 0 Å². The number of Topliss-reactive ketones (excluding diaryl/α,β-unsaturated/α-hetero) is 1. The minimum atomic E-state index is -1.01. The van der Waals surface area contributed by atoms with Gasteiger partial charge in [-0.2, -0.15) is 0 Å². The maximum Gasteiger partial charge on any atom is 0.385 e. The molecule has 0 bridgehead atoms. The maximum atomic E-state index is 12.5. The van der Waals surface area contributed by atoms with Crippen molar-refractivity contribution < 1.29 is 19.1 Å². The molecule has 0 atom stereocenters. The van der Waals surface area contributed by atoms with E-state index >= 15 is 0 Å². The molecule has 1 amide bonds. The van der Waals surface area contributed by atoms with Gasteiger partial charge in [-0.15, -0.1) is 0 Å². The van der Waals surface area contributed by atoms with Crippen LogP contribution in [0.5, 0.6) is 5.75 Å². The lowest BCUT2D eigenvalue weighted by atomic mass is 10.1. The van der Waals surface area contributed by atoms with E-state index in [1.54, 1.807) is 41.3 Å². The molecule has 0 aromatic heterocycles. The Morgan fingerprint density at radius 1 is 0.875 bits per heavy atom. The molecule has 2 aromatic rings. The number of ketones is 1. The van der Waals surface area contributed by atoms with Gasteiger partial charge >= 0.3 is 5.97 Å². The number of benzene rings is 2. The van der Waals surface area contributed by atoms with Crippen LogP contribution in [0, 0.1) is 0 Å². The van der Waals surface area contributed by atoms with E-state index in [2.05, 4.69) is 0 Å². The summed E-state index contributed by atoms with van der Waals surface area (Å²) in [5.41, 5.74) is 0.505. The van der Waals surface area contributed by atoms with E-state index in [1.807, 2.05) is 13.8 Å². The van der Waals surface area contributed by atoms with Crippen molar-refractivity contribution in [2.24, 2.45) is 0 Å². The summed E-state index contributed by atoms with van der Waals surface area (Å²) in [6.45, 7) is 4.82. The number of ether oxygens (including phenoxy) is 1. The Morgan fingerprint density at radius 3 is 2.08 bits per heavy atom. The number of hydrogen-bond donors (Lipinski definition) is 0. The molecule has 24 heavy (non-hydrogen) atoms. The van der Waals surface area contributed by atoms with E-state index in [4.69, 9.17) is 4.74 Å². The first kappa shape index (κ1) is 17.4. The number of hydrogen-bond acceptors (Lipinski definition) is 4. The Morgan fingerprint density at radius 2 is 1.46 bits per heavy atom. The van der Waals surface area contributed by atoms with Gasteiger partial charge < -0.3 is 9.64 Å². The lowest BCUT2D eigenvalue weighted by Gasteiger charge is -2.19. The highest BCUT2D eigenvalue weighted by Crippen LogP contribution is 2.20. The molecular weight excluding hydrogens is 306 g/mol. The topological polar surface area (TPSA) is 63.7 Å². The fraction of sp³-hybridized carbons (Fsp3) is 0.211. The minimum absolute atomic E-state index is 0.0867. The average molecular weight is 325 g/mol. The van der Waals surface area contributed by atoms with Gasteiger partial charge in [-0.05, 0) is 26.0 Å². The van der Waals surface area contributed by atoms with Crippen molar-refractivity contribution in [1.29, 1.82) is 0 Å². The van der Waals surface area contributed by atoms with Gasteiger partial charge in [-0.1, -0.05) is 42.5 Å². The number of para-hydroxylation sites is 1. The molecule has 0 fully saturated rings. The molecule has 0 saturated carbocycles. The highest BCUT2D eigenvalue weighted by Gasteiger charge is 2.23. The SMILES string of the molecule is CCN(CC)C(=O)c1ccccc1OC(=O)C(=O)c1ccccc1. The maximum absolute atomic E-state index is 12.5. The summed E-state index contributed by atoms with van der Waals surface area (Å²) in [7, 11) is 0. The fourth-order valence-corrected chi connectivity index (χ4v) is 2.27. The molecule has 124 valence electrons. The zero-order valence-electron chi connectivity index (χ0n) is 13.7. The van der Waals surface area contributed by atoms with Crippen LogP contribution >= 0.6 is 0 Å². The van der Waals surface area contributed by atoms with E-state index < -0.39 is 11.8 Å². The molecule has 0 unspecified atom stereocenters. The van der Waals surface area contributed by atoms with Crippen molar-refractivity contribution in [2.45, 2.75) is 13.8 Å². The molecule has 0 aliphatic rings. The van der Waals surface area contributed by atoms with Gasteiger partial charge in [-0.3, -0.25) is 9.59 Å². The Hall–Kier alpha value is -2.95. The zero-order valence-corrected chi connectivity index (χ0v) is 13.7. The van der Waals surface area contributed by atoms with E-state index in [0.29, 0.717) is 13.1 Å². The van der Waals surface area contributed by atoms with Crippen LogP contribution in [0.1, 0.15) is 34.6 Å². The summed E-state index contributed by atoms with van der Waals surface area (Å²) in [6, 6.07) is 14.6. The molecular formula is C19H19NO4. The van der Waals surface area contributed by atoms with Crippen molar-refractivity contribution in [3.05, 3.63) is 65.7 Å². The van der Waals surface area contributed by atoms with Crippen molar-refractivity contribution >= 4 is 17.7 Å². The van der Waals surface area contributed by atoms with Gasteiger partial charge in [0.05, 0.1) is 5.56 Å². The molecule has 0 saturated heterocycles. The smallest absolute Gasteiger partial charge is 0.385 e. The van der Waals surface area contributed by atoms with E-state index in [9.17, 15) is 14.4 Å². The fourth-order valence-electron chi connectivity index (χ4n) is 2.27. The summed E-state index contributed by atoms with van der Waals surface area (Å²) in [5.74, 6) is -1.92. The van der Waals surface area contributed by atoms with Gasteiger partial charge in [-0.25, -0.2) is 4.79 Å². The predicted molar refractivity (Wildman–Crippen MR) is 90.1 cm³/mol. The third-order valence-corrected chi connectivity index (χ3v) is 3.59. The molecule has 2 aromatic carbocycles. The Labute approximate surface area is 140 Å². The molecule has 0 heterocycles. The van der Waals surface area contributed by atoms with Crippen molar-refractivity contribution in [2.75, 3.05) is 13.1 Å². The first-order valence-corrected chi connectivity index (χ1v) is 7.78. The third-order valence-electron chi connectivity index (χ3n) is 3.59. The van der Waals surface area contributed by atoms with E-state index in [-0.39, 0.29) is 22.8 Å². The monoisotopic (exact) mass is 325 g/mol. The van der Waals surface area contributed by atoms with Crippen LogP contribution in [0.2, 0.25) is 0 Å². The molecule has 0 aliphatic heterocycles. The summed E-state index contributed by atoms with van der Waals surface area (Å²) in [6.07, 6.45) is 0. The molecule has 0 aliphatic carbocycles. The number of nitrogens with zero attached hydrogens (tertiary/aromatic N) is 1. The Bertz CT molecular complexity index is 736. The second-order valence-electron chi connectivity index (χ2n) is 5.06. The number of rotatable bonds is 6. The number of carbonyl (C=O) groups excluding carboxylic acids is 3. The average Bonchev–Trinajstić information content (AvgIpc) is 2.63. The van der Waals surface area contributed by atoms with Crippen molar-refractivity contribution in [1.82, 2.24) is 4.90 Å². The van der Waals surface area contributed by atoms with Gasteiger partial charge in [0.25, 0.3) is 11.7 Å². The predicted octanol–water partition coefficient (Wildman–Crippen LogP) is 2.96. The van der Waals surface area contributed by atoms with E-state index in [0.717, 1.165) is 0 Å². The summed E-state index contributed by atoms with van der Waals surface area (Å²) in [5, 5.41) is 0. The van der Waals surface area contributed by atoms with Crippen LogP contribution in [0.25, 0.3) is 0 Å². The molecule has 5 nitrogen and oxygen atoms in total. The summed E-state index contributed by atoms with van der Waals surface area (Å²) >= 11 is 0. The first-order chi connectivity index (χ1) is 11.6. The number of amides is 1. The van der Waals surface area contributed by atoms with Gasteiger partial charge in [0.1, 0.15) is 5.75 Å². The van der Waals surface area contributed by atoms with Crippen LogP contribution < -0.4 is 4.74 Å². The van der Waals surface area contributed by atoms with Gasteiger partial charge in [0.2, 0.25) is 0 Å². The third kappa shape index (κ3) is 3.87. The Balaban J connectivity index is 2.23. The highest BCUT2D eigenvalue weighted by atomic mass is 16.5. The normalized spacial score (nSPS) is 10.1. The van der Waals surface area contributed by atoms with Crippen LogP contribution in [-0.4, -0.2) is 35.6 Å². The Kier molecular flexibility index (Phi) is 5.84. The largest absolute Gasteiger partial charge is 0.420 e. The molecule has 2 rings (SSSR count). The number of carbonyl (C=O) groups is 3. The summed E-state index contributed by atoms with van der Waals surface area (Å²) < 4.78 is 5.19. The van der Waals surface area contributed by atoms with Gasteiger partial charge in [0.15, 0.2) is 0 Å². The lowest BCUT2D eigenvalue weighted by Crippen LogP contribution is -2.31.